The molecule has 1 unspecified atom stereocenters. The Morgan fingerprint density at radius 2 is 2.00 bits per heavy atom. The van der Waals surface area contributed by atoms with Crippen LogP contribution in [-0.2, 0) is 4.79 Å². The number of primary amides is 1. The van der Waals surface area contributed by atoms with Gasteiger partial charge in [-0.3, -0.25) is 10.1 Å². The molecule has 78 valence electrons. The Hall–Kier alpha value is -0.690. The summed E-state index contributed by atoms with van der Waals surface area (Å²) in [5, 5.41) is 20.2. The van der Waals surface area contributed by atoms with Gasteiger partial charge in [-0.05, 0) is 19.8 Å². The van der Waals surface area contributed by atoms with E-state index in [-0.39, 0.29) is 6.42 Å². The highest BCUT2D eigenvalue weighted by atomic mass is 16.3. The van der Waals surface area contributed by atoms with Gasteiger partial charge in [-0.1, -0.05) is 0 Å². The molecule has 0 bridgehead atoms. The lowest BCUT2D eigenvalue weighted by atomic mass is 10.1. The first kappa shape index (κ1) is 12.3. The van der Waals surface area contributed by atoms with Crippen LogP contribution >= 0.6 is 0 Å². The van der Waals surface area contributed by atoms with Crippen LogP contribution in [0.3, 0.4) is 0 Å². The van der Waals surface area contributed by atoms with Gasteiger partial charge in [0, 0.05) is 0 Å². The molecule has 0 saturated heterocycles. The molecule has 0 aromatic rings. The Labute approximate surface area is 76.9 Å². The number of amides is 1. The van der Waals surface area contributed by atoms with Crippen molar-refractivity contribution in [3.05, 3.63) is 0 Å². The molecule has 13 heavy (non-hydrogen) atoms. The molecule has 0 saturated carbocycles. The van der Waals surface area contributed by atoms with E-state index in [2.05, 4.69) is 5.32 Å². The number of aliphatic hydroxyl groups excluding tert-OH is 2. The number of hydrogen-bond donors (Lipinski definition) is 5. The second-order valence-electron chi connectivity index (χ2n) is 2.94. The van der Waals surface area contributed by atoms with Crippen LogP contribution in [0.15, 0.2) is 0 Å². The van der Waals surface area contributed by atoms with E-state index in [9.17, 15) is 4.79 Å². The van der Waals surface area contributed by atoms with Gasteiger partial charge in [0.25, 0.3) is 0 Å². The Balaban J connectivity index is 3.88. The van der Waals surface area contributed by atoms with Crippen LogP contribution in [0.2, 0.25) is 0 Å². The second-order valence-corrected chi connectivity index (χ2v) is 2.94. The molecule has 3 atom stereocenters. The van der Waals surface area contributed by atoms with Crippen LogP contribution in [0.4, 0.5) is 0 Å². The van der Waals surface area contributed by atoms with E-state index < -0.39 is 24.4 Å². The topological polar surface area (TPSA) is 122 Å². The Bertz CT molecular complexity index is 161. The fourth-order valence-electron chi connectivity index (χ4n) is 0.936. The molecule has 6 heteroatoms. The van der Waals surface area contributed by atoms with Gasteiger partial charge in [0.1, 0.15) is 12.5 Å². The molecule has 0 aliphatic heterocycles. The van der Waals surface area contributed by atoms with E-state index >= 15 is 0 Å². The molecule has 1 amide bonds. The predicted octanol–water partition coefficient (Wildman–Crippen LogP) is -2.17. The van der Waals surface area contributed by atoms with Crippen LogP contribution in [0.1, 0.15) is 19.8 Å². The smallest absolute Gasteiger partial charge is 0.234 e. The van der Waals surface area contributed by atoms with Gasteiger partial charge in [0.05, 0.1) is 6.04 Å². The summed E-state index contributed by atoms with van der Waals surface area (Å²) in [6, 6.07) is -0.654. The maximum absolute atomic E-state index is 10.8. The average molecular weight is 191 g/mol. The minimum Gasteiger partial charge on any atom is -0.379 e. The molecule has 0 radical (unpaired) electrons. The van der Waals surface area contributed by atoms with Crippen molar-refractivity contribution in [3.63, 3.8) is 0 Å². The first-order valence-corrected chi connectivity index (χ1v) is 4.10. The third kappa shape index (κ3) is 6.47. The van der Waals surface area contributed by atoms with E-state index in [1.807, 2.05) is 0 Å². The van der Waals surface area contributed by atoms with Gasteiger partial charge in [0.2, 0.25) is 5.91 Å². The summed E-state index contributed by atoms with van der Waals surface area (Å²) in [5.41, 5.74) is 10.1. The van der Waals surface area contributed by atoms with Crippen molar-refractivity contribution in [2.75, 3.05) is 0 Å². The monoisotopic (exact) mass is 191 g/mol. The molecule has 0 rings (SSSR count). The lowest BCUT2D eigenvalue weighted by Crippen LogP contribution is -2.46. The molecular weight excluding hydrogens is 174 g/mol. The van der Waals surface area contributed by atoms with Crippen molar-refractivity contribution >= 4 is 5.91 Å². The van der Waals surface area contributed by atoms with Crippen molar-refractivity contribution in [3.8, 4) is 0 Å². The first-order chi connectivity index (χ1) is 5.93. The summed E-state index contributed by atoms with van der Waals surface area (Å²) in [5.74, 6) is -0.568. The quantitative estimate of drug-likeness (QED) is 0.306. The maximum Gasteiger partial charge on any atom is 0.234 e. The number of rotatable bonds is 6. The summed E-state index contributed by atoms with van der Waals surface area (Å²) in [6.07, 6.45) is -1.21. The number of hydrogen-bond acceptors (Lipinski definition) is 5. The molecule has 0 aromatic carbocycles. The van der Waals surface area contributed by atoms with Crippen LogP contribution in [-0.4, -0.2) is 34.6 Å². The van der Waals surface area contributed by atoms with Crippen molar-refractivity contribution in [1.29, 1.82) is 0 Å². The Kier molecular flexibility index (Phi) is 5.56. The largest absolute Gasteiger partial charge is 0.379 e. The first-order valence-electron chi connectivity index (χ1n) is 4.10. The Morgan fingerprint density at radius 3 is 2.31 bits per heavy atom. The minimum atomic E-state index is -0.961. The van der Waals surface area contributed by atoms with Crippen molar-refractivity contribution in [2.24, 2.45) is 11.5 Å². The van der Waals surface area contributed by atoms with Gasteiger partial charge < -0.3 is 21.7 Å². The van der Waals surface area contributed by atoms with E-state index in [0.29, 0.717) is 6.42 Å². The fraction of sp³-hybridized carbons (Fsp3) is 0.857. The number of nitrogens with two attached hydrogens (primary N) is 2. The molecule has 0 aliphatic rings. The number of carbonyl (C=O) groups is 1. The average Bonchev–Trinajstić information content (AvgIpc) is 1.96. The maximum atomic E-state index is 10.8. The molecule has 0 aromatic heterocycles. The van der Waals surface area contributed by atoms with Gasteiger partial charge in [0.15, 0.2) is 0 Å². The third-order valence-electron chi connectivity index (χ3n) is 1.54. The standard InChI is InChI=1S/C7H17N3O3/c1-4(11)10-5(7(9)13)2-3-6(8)12/h4-6,10-12H,2-3,8H2,1H3,(H2,9,13)/t4-,5?,6+/m1/s1. The van der Waals surface area contributed by atoms with Crippen LogP contribution in [0.5, 0.6) is 0 Å². The van der Waals surface area contributed by atoms with E-state index in [1.54, 1.807) is 0 Å². The van der Waals surface area contributed by atoms with Crippen molar-refractivity contribution < 1.29 is 15.0 Å². The van der Waals surface area contributed by atoms with Gasteiger partial charge in [-0.15, -0.1) is 0 Å². The fourth-order valence-corrected chi connectivity index (χ4v) is 0.936. The summed E-state index contributed by atoms with van der Waals surface area (Å²) in [4.78, 5) is 10.8. The molecule has 6 nitrogen and oxygen atoms in total. The van der Waals surface area contributed by atoms with Gasteiger partial charge >= 0.3 is 0 Å². The van der Waals surface area contributed by atoms with Crippen molar-refractivity contribution in [1.82, 2.24) is 5.32 Å². The Morgan fingerprint density at radius 1 is 1.46 bits per heavy atom. The summed E-state index contributed by atoms with van der Waals surface area (Å²) in [7, 11) is 0. The summed E-state index contributed by atoms with van der Waals surface area (Å²) in [6.45, 7) is 1.48. The van der Waals surface area contributed by atoms with Crippen LogP contribution < -0.4 is 16.8 Å². The molecule has 7 N–H and O–H groups in total. The summed E-state index contributed by atoms with van der Waals surface area (Å²) >= 11 is 0. The minimum absolute atomic E-state index is 0.257. The van der Waals surface area contributed by atoms with E-state index in [0.717, 1.165) is 0 Å². The molecule has 0 heterocycles. The summed E-state index contributed by atoms with van der Waals surface area (Å²) < 4.78 is 0. The zero-order valence-electron chi connectivity index (χ0n) is 7.60. The zero-order valence-corrected chi connectivity index (χ0v) is 7.60. The van der Waals surface area contributed by atoms with E-state index in [1.165, 1.54) is 6.92 Å². The lowest BCUT2D eigenvalue weighted by Gasteiger charge is -2.17. The normalized spacial score (nSPS) is 17.8. The molecule has 0 aliphatic carbocycles. The molecular formula is C7H17N3O3. The predicted molar refractivity (Wildman–Crippen MR) is 47.2 cm³/mol. The van der Waals surface area contributed by atoms with Gasteiger partial charge in [-0.2, -0.15) is 0 Å². The third-order valence-corrected chi connectivity index (χ3v) is 1.54. The van der Waals surface area contributed by atoms with Crippen LogP contribution in [0, 0.1) is 0 Å². The second kappa shape index (κ2) is 5.87. The number of carbonyl (C=O) groups excluding carboxylic acids is 1. The van der Waals surface area contributed by atoms with E-state index in [4.69, 9.17) is 21.7 Å². The number of nitrogens with one attached hydrogen (secondary N) is 1. The molecule has 0 fully saturated rings. The van der Waals surface area contributed by atoms with Crippen molar-refractivity contribution in [2.45, 2.75) is 38.3 Å². The number of aliphatic hydroxyl groups is 2. The highest BCUT2D eigenvalue weighted by Gasteiger charge is 2.16. The van der Waals surface area contributed by atoms with Gasteiger partial charge in [-0.25, -0.2) is 0 Å². The SMILES string of the molecule is C[C@@H](O)NC(CC[C@@H](N)O)C(N)=O. The van der Waals surface area contributed by atoms with Crippen LogP contribution in [0.25, 0.3) is 0 Å². The lowest BCUT2D eigenvalue weighted by molar-refractivity contribution is -0.121. The highest BCUT2D eigenvalue weighted by Crippen LogP contribution is 1.99. The highest BCUT2D eigenvalue weighted by molar-refractivity contribution is 5.79. The zero-order chi connectivity index (χ0) is 10.4. The molecule has 0 spiro atoms.